The summed E-state index contributed by atoms with van der Waals surface area (Å²) in [5.74, 6) is 2.07. The van der Waals surface area contributed by atoms with Gasteiger partial charge in [0, 0.05) is 6.20 Å². The second kappa shape index (κ2) is 4.69. The lowest BCUT2D eigenvalue weighted by Crippen LogP contribution is -2.39. The van der Waals surface area contributed by atoms with Gasteiger partial charge in [-0.25, -0.2) is 0 Å². The number of hydrogen-bond donors (Lipinski definition) is 0. The molecular formula is C11H21NOSi. The number of carbonyl (C=O) groups excluding carboxylic acids is 1. The predicted molar refractivity (Wildman–Crippen MR) is 65.5 cm³/mol. The Kier molecular flexibility index (Phi) is 4.45. The third-order valence-electron chi connectivity index (χ3n) is 2.73. The van der Waals surface area contributed by atoms with Gasteiger partial charge in [-0.2, -0.15) is 0 Å². The topological polar surface area (TPSA) is 29.4 Å². The number of rotatable bonds is 3. The molecule has 0 N–H and O–H groups in total. The van der Waals surface area contributed by atoms with Crippen molar-refractivity contribution in [1.29, 1.82) is 0 Å². The van der Waals surface area contributed by atoms with Crippen LogP contribution in [0, 0.1) is 0 Å². The fraction of sp³-hybridized carbons (Fsp3) is 0.636. The fourth-order valence-electron chi connectivity index (χ4n) is 0.571. The van der Waals surface area contributed by atoms with Crippen LogP contribution in [0.1, 0.15) is 27.7 Å². The number of allylic oxidation sites excluding steroid dienone is 1. The van der Waals surface area contributed by atoms with Crippen LogP contribution in [-0.2, 0) is 4.79 Å². The second-order valence-electron chi connectivity index (χ2n) is 5.18. The number of carbonyl (C=O) groups is 1. The Morgan fingerprint density at radius 1 is 1.29 bits per heavy atom. The molecule has 0 fully saturated rings. The van der Waals surface area contributed by atoms with E-state index in [9.17, 15) is 4.79 Å². The van der Waals surface area contributed by atoms with E-state index in [4.69, 9.17) is 0 Å². The maximum Gasteiger partial charge on any atom is 0.154 e. The minimum absolute atomic E-state index is 0.0392. The molecule has 3 heteroatoms. The highest BCUT2D eigenvalue weighted by Crippen LogP contribution is 2.34. The van der Waals surface area contributed by atoms with E-state index in [1.165, 1.54) is 13.0 Å². The third kappa shape index (κ3) is 4.51. The van der Waals surface area contributed by atoms with Gasteiger partial charge in [-0.3, -0.25) is 9.79 Å². The standard InChI is InChI=1S/C11H21NOSi/c1-10(13)7-8-12-9-14(5,6)11(2,3)4/h7-9H,1-6H3/b8-7+,12-9?. The lowest BCUT2D eigenvalue weighted by molar-refractivity contribution is -0.112. The lowest BCUT2D eigenvalue weighted by Gasteiger charge is -2.32. The van der Waals surface area contributed by atoms with E-state index in [0.29, 0.717) is 5.04 Å². The first-order chi connectivity index (χ1) is 6.17. The molecule has 0 radical (unpaired) electrons. The van der Waals surface area contributed by atoms with Crippen LogP contribution in [0.3, 0.4) is 0 Å². The molecule has 0 unspecified atom stereocenters. The van der Waals surface area contributed by atoms with Crippen LogP contribution in [-0.4, -0.2) is 19.7 Å². The predicted octanol–water partition coefficient (Wildman–Crippen LogP) is 3.21. The molecule has 80 valence electrons. The van der Waals surface area contributed by atoms with Crippen LogP contribution in [0.4, 0.5) is 0 Å². The van der Waals surface area contributed by atoms with Gasteiger partial charge in [0.05, 0.1) is 8.07 Å². The largest absolute Gasteiger partial charge is 0.295 e. The van der Waals surface area contributed by atoms with E-state index in [1.54, 1.807) is 6.20 Å². The number of ketones is 1. The molecule has 0 aliphatic heterocycles. The highest BCUT2D eigenvalue weighted by atomic mass is 28.3. The van der Waals surface area contributed by atoms with Gasteiger partial charge in [-0.15, -0.1) is 0 Å². The van der Waals surface area contributed by atoms with E-state index >= 15 is 0 Å². The van der Waals surface area contributed by atoms with Gasteiger partial charge < -0.3 is 0 Å². The third-order valence-corrected chi connectivity index (χ3v) is 7.39. The van der Waals surface area contributed by atoms with Gasteiger partial charge >= 0.3 is 0 Å². The van der Waals surface area contributed by atoms with E-state index < -0.39 is 8.07 Å². The molecule has 0 bridgehead atoms. The Labute approximate surface area is 88.1 Å². The smallest absolute Gasteiger partial charge is 0.154 e. The molecule has 0 heterocycles. The number of nitrogens with zero attached hydrogens (tertiary/aromatic N) is 1. The quantitative estimate of drug-likeness (QED) is 0.400. The first kappa shape index (κ1) is 13.3. The summed E-state index contributed by atoms with van der Waals surface area (Å²) in [6, 6.07) is 0. The first-order valence-corrected chi connectivity index (χ1v) is 7.96. The highest BCUT2D eigenvalue weighted by Gasteiger charge is 2.33. The molecule has 0 saturated carbocycles. The molecule has 0 aromatic carbocycles. The molecule has 0 aromatic heterocycles. The Balaban J connectivity index is 4.44. The Bertz CT molecular complexity index is 259. The summed E-state index contributed by atoms with van der Waals surface area (Å²) in [5.41, 5.74) is 0. The molecule has 14 heavy (non-hydrogen) atoms. The van der Waals surface area contributed by atoms with Crippen molar-refractivity contribution in [3.05, 3.63) is 12.3 Å². The van der Waals surface area contributed by atoms with E-state index in [0.717, 1.165) is 0 Å². The van der Waals surface area contributed by atoms with Gasteiger partial charge in [-0.1, -0.05) is 33.9 Å². The summed E-state index contributed by atoms with van der Waals surface area (Å²) in [6.07, 6.45) is 3.08. The average molecular weight is 211 g/mol. The molecule has 0 amide bonds. The van der Waals surface area contributed by atoms with E-state index in [-0.39, 0.29) is 5.78 Å². The maximum atomic E-state index is 10.6. The minimum atomic E-state index is -1.43. The molecule has 0 saturated heterocycles. The first-order valence-electron chi connectivity index (χ1n) is 4.88. The molecule has 2 nitrogen and oxygen atoms in total. The fourth-order valence-corrected chi connectivity index (χ4v) is 1.42. The van der Waals surface area contributed by atoms with Gasteiger partial charge in [0.2, 0.25) is 0 Å². The number of hydrogen-bond acceptors (Lipinski definition) is 2. The zero-order chi connectivity index (χ0) is 11.4. The average Bonchev–Trinajstić information content (AvgIpc) is 1.95. The normalized spacial score (nSPS) is 14.1. The zero-order valence-corrected chi connectivity index (χ0v) is 11.1. The van der Waals surface area contributed by atoms with Crippen LogP contribution < -0.4 is 0 Å². The molecule has 0 atom stereocenters. The highest BCUT2D eigenvalue weighted by molar-refractivity contribution is 7.02. The zero-order valence-electron chi connectivity index (χ0n) is 10.1. The SMILES string of the molecule is CC(=O)/C=C/N=C[Si](C)(C)C(C)(C)C. The second-order valence-corrected chi connectivity index (χ2v) is 10.4. The van der Waals surface area contributed by atoms with Gasteiger partial charge in [-0.05, 0) is 23.9 Å². The summed E-state index contributed by atoms with van der Waals surface area (Å²) in [4.78, 5) is 14.8. The van der Waals surface area contributed by atoms with Crippen molar-refractivity contribution >= 4 is 19.7 Å². The molecule has 0 aliphatic carbocycles. The summed E-state index contributed by atoms with van der Waals surface area (Å²) in [6.45, 7) is 12.8. The molecular weight excluding hydrogens is 190 g/mol. The molecule has 0 spiro atoms. The van der Waals surface area contributed by atoms with Crippen molar-refractivity contribution in [3.63, 3.8) is 0 Å². The summed E-state index contributed by atoms with van der Waals surface area (Å²) in [7, 11) is -1.43. The van der Waals surface area contributed by atoms with Crippen LogP contribution in [0.2, 0.25) is 18.1 Å². The van der Waals surface area contributed by atoms with Crippen molar-refractivity contribution in [2.24, 2.45) is 4.99 Å². The van der Waals surface area contributed by atoms with Crippen molar-refractivity contribution < 1.29 is 4.79 Å². The Morgan fingerprint density at radius 2 is 1.79 bits per heavy atom. The van der Waals surface area contributed by atoms with Crippen LogP contribution in [0.15, 0.2) is 17.3 Å². The van der Waals surface area contributed by atoms with Crippen LogP contribution in [0.25, 0.3) is 0 Å². The van der Waals surface area contributed by atoms with Crippen LogP contribution >= 0.6 is 0 Å². The van der Waals surface area contributed by atoms with E-state index in [1.807, 2.05) is 5.84 Å². The van der Waals surface area contributed by atoms with Gasteiger partial charge in [0.1, 0.15) is 0 Å². The molecule has 0 aliphatic rings. The molecule has 0 rings (SSSR count). The Hall–Kier alpha value is -0.703. The van der Waals surface area contributed by atoms with Gasteiger partial charge in [0.25, 0.3) is 0 Å². The summed E-state index contributed by atoms with van der Waals surface area (Å²) >= 11 is 0. The Morgan fingerprint density at radius 3 is 2.14 bits per heavy atom. The summed E-state index contributed by atoms with van der Waals surface area (Å²) in [5, 5.41) is 0.306. The monoisotopic (exact) mass is 211 g/mol. The van der Waals surface area contributed by atoms with E-state index in [2.05, 4.69) is 38.9 Å². The van der Waals surface area contributed by atoms with Crippen molar-refractivity contribution in [2.75, 3.05) is 0 Å². The molecule has 0 aromatic rings. The van der Waals surface area contributed by atoms with Crippen molar-refractivity contribution in [2.45, 2.75) is 45.8 Å². The van der Waals surface area contributed by atoms with Crippen LogP contribution in [0.5, 0.6) is 0 Å². The van der Waals surface area contributed by atoms with Crippen molar-refractivity contribution in [1.82, 2.24) is 0 Å². The lowest BCUT2D eigenvalue weighted by atomic mass is 10.2. The summed E-state index contributed by atoms with van der Waals surface area (Å²) < 4.78 is 0. The number of aliphatic imine (C=N–C) groups is 1. The van der Waals surface area contributed by atoms with Gasteiger partial charge in [0.15, 0.2) is 5.78 Å². The van der Waals surface area contributed by atoms with Crippen molar-refractivity contribution in [3.8, 4) is 0 Å². The minimum Gasteiger partial charge on any atom is -0.295 e. The maximum absolute atomic E-state index is 10.6.